The minimum absolute atomic E-state index is 0.956. The number of allylic oxidation sites excluding steroid dienone is 8. The van der Waals surface area contributed by atoms with E-state index in [0.29, 0.717) is 0 Å². The molecule has 0 aromatic carbocycles. The molecule has 1 aliphatic rings. The van der Waals surface area contributed by atoms with Crippen LogP contribution >= 0.6 is 0 Å². The second-order valence-corrected chi connectivity index (χ2v) is 2.75. The normalized spacial score (nSPS) is 29.3. The van der Waals surface area contributed by atoms with Crippen molar-refractivity contribution in [3.63, 3.8) is 0 Å². The molecule has 0 aromatic rings. The molecule has 0 saturated carbocycles. The fraction of sp³-hybridized carbons (Fsp3) is 0.333. The van der Waals surface area contributed by atoms with Gasteiger partial charge in [-0.1, -0.05) is 42.5 Å². The molecule has 0 heterocycles. The summed E-state index contributed by atoms with van der Waals surface area (Å²) in [5.41, 5.74) is 0. The molecule has 0 heteroatoms. The zero-order valence-electron chi connectivity index (χ0n) is 7.37. The van der Waals surface area contributed by atoms with Crippen molar-refractivity contribution >= 4 is 0 Å². The Bertz CT molecular complexity index is 204. The van der Waals surface area contributed by atoms with Gasteiger partial charge in [-0.2, -0.15) is 0 Å². The lowest BCUT2D eigenvalue weighted by atomic mass is 10.2. The van der Waals surface area contributed by atoms with Gasteiger partial charge in [-0.3, -0.25) is 0 Å². The molecule has 0 aliphatic heterocycles. The summed E-state index contributed by atoms with van der Waals surface area (Å²) in [5.74, 6) is 0. The summed E-state index contributed by atoms with van der Waals surface area (Å²) < 4.78 is 0. The van der Waals surface area contributed by atoms with Crippen molar-refractivity contribution in [2.45, 2.75) is 25.7 Å². The fourth-order valence-electron chi connectivity index (χ4n) is 1.03. The maximum atomic E-state index is 3.22. The highest BCUT2D eigenvalue weighted by molar-refractivity contribution is 5.05. The first-order chi connectivity index (χ1) is 6.00. The maximum absolute atomic E-state index is 3.22. The maximum Gasteiger partial charge on any atom is -0.00978 e. The average molecular weight is 159 g/mol. The lowest BCUT2D eigenvalue weighted by Gasteiger charge is -1.87. The predicted molar refractivity (Wildman–Crippen MR) is 53.7 cm³/mol. The van der Waals surface area contributed by atoms with Crippen LogP contribution in [-0.2, 0) is 0 Å². The zero-order valence-corrected chi connectivity index (χ0v) is 7.37. The third kappa shape index (κ3) is 4.73. The highest BCUT2D eigenvalue weighted by Gasteiger charge is 1.78. The molecule has 0 fully saturated rings. The van der Waals surface area contributed by atoms with Crippen molar-refractivity contribution in [2.24, 2.45) is 0 Å². The van der Waals surface area contributed by atoms with Crippen LogP contribution in [0.3, 0.4) is 0 Å². The van der Waals surface area contributed by atoms with Gasteiger partial charge in [0.05, 0.1) is 0 Å². The Morgan fingerprint density at radius 2 is 1.67 bits per heavy atom. The number of rotatable bonds is 0. The Morgan fingerprint density at radius 3 is 2.67 bits per heavy atom. The topological polar surface area (TPSA) is 0 Å². The first-order valence-electron chi connectivity index (χ1n) is 4.52. The molecule has 0 bridgehead atoms. The summed E-state index contributed by atoms with van der Waals surface area (Å²) in [5, 5.41) is 0. The van der Waals surface area contributed by atoms with Crippen molar-refractivity contribution in [3.05, 3.63) is 48.6 Å². The van der Waals surface area contributed by atoms with Crippen LogP contribution < -0.4 is 0 Å². The molecule has 0 saturated heterocycles. The fourth-order valence-corrected chi connectivity index (χ4v) is 1.03. The van der Waals surface area contributed by atoms with Crippen molar-refractivity contribution < 1.29 is 0 Å². The molecule has 1 rings (SSSR count). The predicted octanol–water partition coefficient (Wildman–Crippen LogP) is 3.59. The summed E-state index contributed by atoms with van der Waals surface area (Å²) in [7, 11) is 0. The van der Waals surface area contributed by atoms with Crippen LogP contribution in [0.15, 0.2) is 42.5 Å². The van der Waals surface area contributed by atoms with Crippen molar-refractivity contribution in [3.8, 4) is 0 Å². The summed E-state index contributed by atoms with van der Waals surface area (Å²) in [6.45, 7) is 0. The molecule has 0 amide bonds. The number of hydrogen-bond acceptors (Lipinski definition) is 0. The van der Waals surface area contributed by atoms with Crippen LogP contribution in [0.25, 0.3) is 0 Å². The number of hydrogen-bond donors (Lipinski definition) is 0. The highest BCUT2D eigenvalue weighted by Crippen LogP contribution is 1.97. The lowest BCUT2D eigenvalue weighted by molar-refractivity contribution is 1.04. The van der Waals surface area contributed by atoms with Crippen molar-refractivity contribution in [2.75, 3.05) is 0 Å². The second-order valence-electron chi connectivity index (χ2n) is 2.75. The quantitative estimate of drug-likeness (QED) is 0.474. The Morgan fingerprint density at radius 1 is 0.833 bits per heavy atom. The average Bonchev–Trinajstić information content (AvgIpc) is 2.05. The molecular formula is C12H15. The van der Waals surface area contributed by atoms with Gasteiger partial charge in [-0.05, 0) is 31.8 Å². The summed E-state index contributed by atoms with van der Waals surface area (Å²) >= 11 is 0. The van der Waals surface area contributed by atoms with E-state index in [-0.39, 0.29) is 0 Å². The van der Waals surface area contributed by atoms with Gasteiger partial charge in [0.2, 0.25) is 0 Å². The SMILES string of the molecule is [C]1=C/C/C=C\C=C\CC/C=C/C/1. The molecule has 0 unspecified atom stereocenters. The van der Waals surface area contributed by atoms with E-state index in [2.05, 4.69) is 48.6 Å². The van der Waals surface area contributed by atoms with Gasteiger partial charge in [-0.15, -0.1) is 0 Å². The lowest BCUT2D eigenvalue weighted by Crippen LogP contribution is -1.67. The molecule has 0 nitrogen and oxygen atoms in total. The van der Waals surface area contributed by atoms with Gasteiger partial charge >= 0.3 is 0 Å². The van der Waals surface area contributed by atoms with Gasteiger partial charge in [-0.25, -0.2) is 0 Å². The van der Waals surface area contributed by atoms with Gasteiger partial charge in [0.15, 0.2) is 0 Å². The molecule has 1 radical (unpaired) electrons. The van der Waals surface area contributed by atoms with Crippen LogP contribution in [0.5, 0.6) is 0 Å². The van der Waals surface area contributed by atoms with E-state index in [4.69, 9.17) is 0 Å². The van der Waals surface area contributed by atoms with E-state index in [9.17, 15) is 0 Å². The molecule has 1 aliphatic carbocycles. The van der Waals surface area contributed by atoms with Gasteiger partial charge in [0.1, 0.15) is 0 Å². The highest BCUT2D eigenvalue weighted by atomic mass is 13.8. The van der Waals surface area contributed by atoms with Crippen LogP contribution in [-0.4, -0.2) is 0 Å². The third-order valence-corrected chi connectivity index (χ3v) is 1.68. The molecule has 0 atom stereocenters. The van der Waals surface area contributed by atoms with E-state index in [1.54, 1.807) is 0 Å². The van der Waals surface area contributed by atoms with Gasteiger partial charge in [0, 0.05) is 0 Å². The summed E-state index contributed by atoms with van der Waals surface area (Å²) in [6.07, 6.45) is 22.5. The molecule has 63 valence electrons. The molecule has 0 aromatic heterocycles. The van der Waals surface area contributed by atoms with Crippen molar-refractivity contribution in [1.29, 1.82) is 0 Å². The van der Waals surface area contributed by atoms with E-state index in [1.165, 1.54) is 0 Å². The Labute approximate surface area is 75.0 Å². The Balaban J connectivity index is 2.41. The third-order valence-electron chi connectivity index (χ3n) is 1.68. The van der Waals surface area contributed by atoms with E-state index < -0.39 is 0 Å². The summed E-state index contributed by atoms with van der Waals surface area (Å²) in [6, 6.07) is 0. The van der Waals surface area contributed by atoms with E-state index in [1.807, 2.05) is 0 Å². The first kappa shape index (κ1) is 9.05. The zero-order chi connectivity index (χ0) is 8.49. The Kier molecular flexibility index (Phi) is 5.02. The smallest absolute Gasteiger partial charge is 0.00978 e. The Hall–Kier alpha value is -1.04. The second kappa shape index (κ2) is 6.66. The van der Waals surface area contributed by atoms with Crippen molar-refractivity contribution in [1.82, 2.24) is 0 Å². The summed E-state index contributed by atoms with van der Waals surface area (Å²) in [4.78, 5) is 0. The standard InChI is InChI=1S/C12H15/c1-2-4-6-8-10-12-11-9-7-5-3-1/h1-4,7,10,12H,5-6,8,11H2/b3-1-,4-2+,9-7?,12-10+. The molecule has 0 N–H and O–H groups in total. The monoisotopic (exact) mass is 159 g/mol. The minimum Gasteiger partial charge on any atom is -0.0879 e. The van der Waals surface area contributed by atoms with Crippen LogP contribution in [0.1, 0.15) is 25.7 Å². The molecule has 12 heavy (non-hydrogen) atoms. The van der Waals surface area contributed by atoms with E-state index in [0.717, 1.165) is 25.7 Å². The van der Waals surface area contributed by atoms with Crippen LogP contribution in [0.2, 0.25) is 0 Å². The molecular weight excluding hydrogens is 144 g/mol. The minimum atomic E-state index is 0.956. The first-order valence-corrected chi connectivity index (χ1v) is 4.52. The largest absolute Gasteiger partial charge is 0.0879 e. The molecule has 0 spiro atoms. The van der Waals surface area contributed by atoms with Gasteiger partial charge < -0.3 is 0 Å². The van der Waals surface area contributed by atoms with E-state index >= 15 is 0 Å². The van der Waals surface area contributed by atoms with Gasteiger partial charge in [0.25, 0.3) is 0 Å². The van der Waals surface area contributed by atoms with Crippen LogP contribution in [0.4, 0.5) is 0 Å². The van der Waals surface area contributed by atoms with Crippen LogP contribution in [0, 0.1) is 6.08 Å².